The minimum atomic E-state index is -2.07. The summed E-state index contributed by atoms with van der Waals surface area (Å²) in [6.07, 6.45) is -13.4. The lowest BCUT2D eigenvalue weighted by atomic mass is 9.43. The van der Waals surface area contributed by atoms with Crippen LogP contribution in [0, 0.1) is 39.4 Å². The highest BCUT2D eigenvalue weighted by Gasteiger charge is 2.80. The average Bonchev–Trinajstić information content (AvgIpc) is 0.685. The van der Waals surface area contributed by atoms with Crippen LogP contribution in [0.2, 0.25) is 0 Å². The second-order valence-corrected chi connectivity index (χ2v) is 26.8. The summed E-state index contributed by atoms with van der Waals surface area (Å²) in [6.45, 7) is 16.8. The number of carbonyl (C=O) groups is 7. The molecule has 21 nitrogen and oxygen atoms in total. The molecule has 474 valence electrons. The van der Waals surface area contributed by atoms with Gasteiger partial charge < -0.3 is 68.5 Å². The zero-order valence-electron chi connectivity index (χ0n) is 51.3. The van der Waals surface area contributed by atoms with Crippen LogP contribution in [0.5, 0.6) is 0 Å². The lowest BCUT2D eigenvalue weighted by molar-refractivity contribution is -0.345. The minimum Gasteiger partial charge on any atom is -0.455 e. The summed E-state index contributed by atoms with van der Waals surface area (Å²) >= 11 is 0. The number of ketones is 2. The van der Waals surface area contributed by atoms with E-state index in [2.05, 4.69) is 0 Å². The predicted molar refractivity (Wildman–Crippen MR) is 309 cm³/mol. The fourth-order valence-electron chi connectivity index (χ4n) is 16.8. The molecule has 3 aromatic carbocycles. The summed E-state index contributed by atoms with van der Waals surface area (Å²) in [5.74, 6) is -7.64. The minimum absolute atomic E-state index is 0.0407. The van der Waals surface area contributed by atoms with Crippen molar-refractivity contribution in [2.75, 3.05) is 13.2 Å². The van der Waals surface area contributed by atoms with E-state index in [-0.39, 0.29) is 62.2 Å². The van der Waals surface area contributed by atoms with E-state index in [1.54, 1.807) is 116 Å². The Morgan fingerprint density at radius 1 is 0.568 bits per heavy atom. The predicted octanol–water partition coefficient (Wildman–Crippen LogP) is 5.80. The molecule has 3 aromatic rings. The number of Topliss-reactive ketones (excluding diaryl/α,β-unsaturated/α-hetero) is 2. The fraction of sp³-hybridized carbons (Fsp3) is 0.567. The van der Waals surface area contributed by atoms with Crippen LogP contribution >= 0.6 is 0 Å². The molecule has 8 aliphatic rings. The molecule has 6 aliphatic carbocycles. The molecular formula is C67H80O21. The van der Waals surface area contributed by atoms with Crippen molar-refractivity contribution in [3.05, 3.63) is 130 Å². The molecule has 0 radical (unpaired) electrons. The summed E-state index contributed by atoms with van der Waals surface area (Å²) in [5, 5.41) is 71.3. The molecule has 2 heterocycles. The van der Waals surface area contributed by atoms with Crippen LogP contribution < -0.4 is 0 Å². The quantitative estimate of drug-likeness (QED) is 0.0837. The van der Waals surface area contributed by atoms with Gasteiger partial charge in [0, 0.05) is 56.3 Å². The molecule has 18 atom stereocenters. The molecule has 88 heavy (non-hydrogen) atoms. The molecule has 2 aliphatic heterocycles. The molecular weight excluding hydrogens is 1140 g/mol. The van der Waals surface area contributed by atoms with Crippen LogP contribution in [0.3, 0.4) is 0 Å². The number of hydrogen-bond acceptors (Lipinski definition) is 21. The van der Waals surface area contributed by atoms with Gasteiger partial charge in [-0.15, -0.1) is 0 Å². The Bertz CT molecular complexity index is 3340. The number of esters is 4. The third-order valence-corrected chi connectivity index (χ3v) is 21.6. The monoisotopic (exact) mass is 1220 g/mol. The second-order valence-electron chi connectivity index (χ2n) is 26.8. The van der Waals surface area contributed by atoms with Gasteiger partial charge in [-0.3, -0.25) is 19.2 Å². The highest BCUT2D eigenvalue weighted by molar-refractivity contribution is 5.95. The van der Waals surface area contributed by atoms with Crippen molar-refractivity contribution in [1.82, 2.24) is 0 Å². The van der Waals surface area contributed by atoms with Crippen LogP contribution in [0.15, 0.2) is 113 Å². The number of benzene rings is 3. The van der Waals surface area contributed by atoms with E-state index in [9.17, 15) is 59.4 Å². The van der Waals surface area contributed by atoms with Crippen molar-refractivity contribution in [2.24, 2.45) is 39.4 Å². The summed E-state index contributed by atoms with van der Waals surface area (Å²) in [6, 6.07) is 25.3. The molecule has 4 saturated carbocycles. The zero-order valence-corrected chi connectivity index (χ0v) is 51.3. The number of fused-ring (bicyclic) bond motifs is 10. The molecule has 2 saturated heterocycles. The highest BCUT2D eigenvalue weighted by Crippen LogP contribution is 2.67. The maximum absolute atomic E-state index is 15.2. The Labute approximate surface area is 510 Å². The third-order valence-electron chi connectivity index (χ3n) is 21.6. The van der Waals surface area contributed by atoms with E-state index < -0.39 is 158 Å². The van der Waals surface area contributed by atoms with Crippen molar-refractivity contribution in [3.63, 3.8) is 0 Å². The molecule has 6 fully saturated rings. The summed E-state index contributed by atoms with van der Waals surface area (Å²) in [4.78, 5) is 95.7. The van der Waals surface area contributed by atoms with Crippen molar-refractivity contribution < 1.29 is 102 Å². The first-order valence-electron chi connectivity index (χ1n) is 29.9. The van der Waals surface area contributed by atoms with E-state index in [1.165, 1.54) is 32.9 Å². The number of ether oxygens (including phenoxy) is 8. The van der Waals surface area contributed by atoms with Gasteiger partial charge in [-0.2, -0.15) is 0 Å². The first-order valence-corrected chi connectivity index (χ1v) is 29.9. The molecule has 0 unspecified atom stereocenters. The van der Waals surface area contributed by atoms with Gasteiger partial charge >= 0.3 is 30.0 Å². The normalized spacial score (nSPS) is 39.1. The zero-order chi connectivity index (χ0) is 64.2. The van der Waals surface area contributed by atoms with Gasteiger partial charge in [0.2, 0.25) is 0 Å². The van der Waals surface area contributed by atoms with Crippen molar-refractivity contribution in [3.8, 4) is 0 Å². The van der Waals surface area contributed by atoms with Gasteiger partial charge in [-0.1, -0.05) is 101 Å². The summed E-state index contributed by atoms with van der Waals surface area (Å²) in [7, 11) is 0. The number of carbonyl (C=O) groups excluding carboxylic acids is 7. The molecule has 4 bridgehead atoms. The van der Waals surface area contributed by atoms with E-state index in [4.69, 9.17) is 37.9 Å². The maximum atomic E-state index is 15.2. The molecule has 6 N–H and O–H groups in total. The molecule has 11 rings (SSSR count). The van der Waals surface area contributed by atoms with Gasteiger partial charge in [0.1, 0.15) is 60.2 Å². The third kappa shape index (κ3) is 9.67. The fourth-order valence-corrected chi connectivity index (χ4v) is 16.8. The van der Waals surface area contributed by atoms with Gasteiger partial charge in [0.15, 0.2) is 17.0 Å². The van der Waals surface area contributed by atoms with Gasteiger partial charge in [-0.05, 0) is 79.8 Å². The molecule has 21 heteroatoms. The highest BCUT2D eigenvalue weighted by atomic mass is 16.7. The number of rotatable bonds is 9. The van der Waals surface area contributed by atoms with Gasteiger partial charge in [0.25, 0.3) is 0 Å². The SMILES string of the molecule is CC(=O)O[C@@]12CO[C@@H]1C[C@H](O)[C@@]1(C)C(=O)[C@H](O)C3=C(C)[C@@H](O)C[C@@](O)([C@@H](OC(=O)c4ccccc4)[C@H]21)C3(C)C.CC(=O)O[C@@]12CO[C@@H]1C[C@H](OC(=O)OCc1ccccc1)[C@@]1(C)C(=O)[C@H](C)C3=C(C)[C@@H](O)C[C@@](O)([C@@H](OC(=O)c4ccccc4)[C@H]21)C3(C)C. The van der Waals surface area contributed by atoms with Crippen LogP contribution in [0.25, 0.3) is 0 Å². The van der Waals surface area contributed by atoms with Crippen LogP contribution in [0.4, 0.5) is 4.79 Å². The van der Waals surface area contributed by atoms with Gasteiger partial charge in [-0.25, -0.2) is 14.4 Å². The van der Waals surface area contributed by atoms with Crippen LogP contribution in [-0.2, 0) is 63.7 Å². The summed E-state index contributed by atoms with van der Waals surface area (Å²) in [5.41, 5.74) is -10.8. The Morgan fingerprint density at radius 3 is 1.43 bits per heavy atom. The number of aliphatic hydroxyl groups excluding tert-OH is 4. The molecule has 0 amide bonds. The Kier molecular flexibility index (Phi) is 16.6. The first-order chi connectivity index (χ1) is 41.2. The molecule has 0 aromatic heterocycles. The van der Waals surface area contributed by atoms with E-state index >= 15 is 4.79 Å². The largest absolute Gasteiger partial charge is 0.508 e. The van der Waals surface area contributed by atoms with E-state index in [1.807, 2.05) is 18.2 Å². The second kappa shape index (κ2) is 22.7. The molecule has 0 spiro atoms. The van der Waals surface area contributed by atoms with E-state index in [0.717, 1.165) is 5.56 Å². The van der Waals surface area contributed by atoms with Crippen molar-refractivity contribution in [1.29, 1.82) is 0 Å². The Balaban J connectivity index is 0.000000199. The smallest absolute Gasteiger partial charge is 0.455 e. The summed E-state index contributed by atoms with van der Waals surface area (Å²) < 4.78 is 47.6. The Hall–Kier alpha value is -6.69. The topological polar surface area (TPSA) is 315 Å². The maximum Gasteiger partial charge on any atom is 0.508 e. The average molecular weight is 1220 g/mol. The van der Waals surface area contributed by atoms with E-state index in [0.29, 0.717) is 16.7 Å². The number of aliphatic hydroxyl groups is 6. The van der Waals surface area contributed by atoms with Gasteiger partial charge in [0.05, 0.1) is 65.3 Å². The van der Waals surface area contributed by atoms with Crippen LogP contribution in [-0.4, -0.2) is 163 Å². The number of hydrogen-bond donors (Lipinski definition) is 6. The standard InChI is InChI=1S/C38H44O11.C29H36O10/c1-21-26(40)18-38(44)32(48-33(42)25-15-11-8-12-16-25)30-36(6,31(41)22(2)29(21)35(38,4)5)27(17-28-37(30,20-46-28)49-23(3)39)47-34(43)45-19-24-13-9-7-10-14-24;1-14-17(31)12-29(36)24(38-25(35)16-9-7-6-8-10-16)22-27(5,23(34)21(33)20(14)26(29,3)4)18(32)11-19-28(22,13-37-19)39-15(2)30/h7-16,22,26-28,30,32,40,44H,17-20H2,1-6H3;6-10,17-19,21-22,24,31-33,36H,11-13H2,1-5H3/t22-,26+,27+,28-,30+,32+,36-,37+,38-;17-,18-,19+,21+,22-,24-,27+,28-,29+/m10/s1. The van der Waals surface area contributed by atoms with Crippen molar-refractivity contribution >= 4 is 41.6 Å². The van der Waals surface area contributed by atoms with Crippen molar-refractivity contribution in [2.45, 2.75) is 186 Å². The Morgan fingerprint density at radius 2 is 0.989 bits per heavy atom. The lowest BCUT2D eigenvalue weighted by Crippen LogP contribution is -2.81. The van der Waals surface area contributed by atoms with Crippen LogP contribution in [0.1, 0.15) is 128 Å². The first kappa shape index (κ1) is 64.3. The lowest BCUT2D eigenvalue weighted by Gasteiger charge is -2.67.